The molecule has 0 aromatic heterocycles. The van der Waals surface area contributed by atoms with Crippen molar-refractivity contribution in [2.45, 2.75) is 18.9 Å². The SMILES string of the molecule is C[C@]1(C(=O)Nc2ccc(F)cc2F)Cc2ccccc2C(=O)O1. The van der Waals surface area contributed by atoms with Crippen LogP contribution in [0, 0.1) is 11.6 Å². The Kier molecular flexibility index (Phi) is 3.60. The third kappa shape index (κ3) is 2.79. The van der Waals surface area contributed by atoms with Gasteiger partial charge in [0.05, 0.1) is 11.3 Å². The van der Waals surface area contributed by atoms with Crippen LogP contribution in [-0.2, 0) is 16.0 Å². The van der Waals surface area contributed by atoms with Crippen molar-refractivity contribution in [1.29, 1.82) is 0 Å². The average Bonchev–Trinajstić information content (AvgIpc) is 2.50. The van der Waals surface area contributed by atoms with Gasteiger partial charge in [-0.05, 0) is 30.7 Å². The molecule has 0 fully saturated rings. The van der Waals surface area contributed by atoms with Gasteiger partial charge in [-0.3, -0.25) is 4.79 Å². The van der Waals surface area contributed by atoms with E-state index in [0.29, 0.717) is 17.2 Å². The number of hydrogen-bond acceptors (Lipinski definition) is 3. The van der Waals surface area contributed by atoms with Crippen molar-refractivity contribution in [1.82, 2.24) is 0 Å². The minimum Gasteiger partial charge on any atom is -0.445 e. The van der Waals surface area contributed by atoms with Crippen LogP contribution in [0.15, 0.2) is 42.5 Å². The third-order valence-corrected chi connectivity index (χ3v) is 3.74. The Hall–Kier alpha value is -2.76. The van der Waals surface area contributed by atoms with Crippen LogP contribution in [0.1, 0.15) is 22.8 Å². The van der Waals surface area contributed by atoms with E-state index in [2.05, 4.69) is 5.32 Å². The van der Waals surface area contributed by atoms with Crippen molar-refractivity contribution < 1.29 is 23.1 Å². The van der Waals surface area contributed by atoms with Crippen LogP contribution in [0.4, 0.5) is 14.5 Å². The van der Waals surface area contributed by atoms with Crippen molar-refractivity contribution in [3.05, 3.63) is 65.2 Å². The first-order valence-corrected chi connectivity index (χ1v) is 6.97. The summed E-state index contributed by atoms with van der Waals surface area (Å²) in [6, 6.07) is 9.63. The van der Waals surface area contributed by atoms with Gasteiger partial charge in [-0.1, -0.05) is 18.2 Å². The lowest BCUT2D eigenvalue weighted by Crippen LogP contribution is -2.49. The predicted molar refractivity (Wildman–Crippen MR) is 79.0 cm³/mol. The summed E-state index contributed by atoms with van der Waals surface area (Å²) in [5, 5.41) is 2.34. The molecule has 2 aromatic rings. The number of nitrogens with one attached hydrogen (secondary N) is 1. The number of esters is 1. The predicted octanol–water partition coefficient (Wildman–Crippen LogP) is 3.08. The van der Waals surface area contributed by atoms with Crippen molar-refractivity contribution in [3.8, 4) is 0 Å². The lowest BCUT2D eigenvalue weighted by atomic mass is 9.89. The van der Waals surface area contributed by atoms with Gasteiger partial charge in [-0.2, -0.15) is 0 Å². The number of benzene rings is 2. The molecule has 6 heteroatoms. The highest BCUT2D eigenvalue weighted by atomic mass is 19.1. The molecule has 1 amide bonds. The molecule has 4 nitrogen and oxygen atoms in total. The number of carbonyl (C=O) groups excluding carboxylic acids is 2. The number of fused-ring (bicyclic) bond motifs is 1. The number of halogens is 2. The average molecular weight is 317 g/mol. The largest absolute Gasteiger partial charge is 0.445 e. The molecule has 1 atom stereocenters. The number of amides is 1. The third-order valence-electron chi connectivity index (χ3n) is 3.74. The maximum absolute atomic E-state index is 13.7. The standard InChI is InChI=1S/C17H13F2NO3/c1-17(9-10-4-2-3-5-12(10)15(21)23-17)16(22)20-14-7-6-11(18)8-13(14)19/h2-8H,9H2,1H3,(H,20,22)/t17-/m1/s1. The highest BCUT2D eigenvalue weighted by Crippen LogP contribution is 2.29. The molecule has 1 aliphatic heterocycles. The van der Waals surface area contributed by atoms with E-state index in [4.69, 9.17) is 4.74 Å². The van der Waals surface area contributed by atoms with Crippen LogP contribution in [-0.4, -0.2) is 17.5 Å². The molecular weight excluding hydrogens is 304 g/mol. The molecule has 2 aromatic carbocycles. The molecule has 0 unspecified atom stereocenters. The second kappa shape index (κ2) is 5.46. The van der Waals surface area contributed by atoms with E-state index < -0.39 is 29.1 Å². The summed E-state index contributed by atoms with van der Waals surface area (Å²) in [4.78, 5) is 24.5. The molecule has 0 radical (unpaired) electrons. The van der Waals surface area contributed by atoms with Crippen molar-refractivity contribution in [3.63, 3.8) is 0 Å². The molecule has 0 aliphatic carbocycles. The molecule has 1 heterocycles. The second-order valence-corrected chi connectivity index (χ2v) is 5.53. The molecule has 118 valence electrons. The first kappa shape index (κ1) is 15.1. The lowest BCUT2D eigenvalue weighted by molar-refractivity contribution is -0.134. The Morgan fingerprint density at radius 1 is 1.22 bits per heavy atom. The summed E-state index contributed by atoms with van der Waals surface area (Å²) < 4.78 is 31.8. The van der Waals surface area contributed by atoms with Gasteiger partial charge in [-0.15, -0.1) is 0 Å². The van der Waals surface area contributed by atoms with Crippen molar-refractivity contribution in [2.24, 2.45) is 0 Å². The number of rotatable bonds is 2. The summed E-state index contributed by atoms with van der Waals surface area (Å²) in [6.45, 7) is 1.46. The summed E-state index contributed by atoms with van der Waals surface area (Å²) in [6.07, 6.45) is 0.170. The minimum atomic E-state index is -1.47. The van der Waals surface area contributed by atoms with Crippen LogP contribution >= 0.6 is 0 Å². The number of anilines is 1. The summed E-state index contributed by atoms with van der Waals surface area (Å²) >= 11 is 0. The molecule has 0 saturated heterocycles. The number of hydrogen-bond donors (Lipinski definition) is 1. The van der Waals surface area contributed by atoms with Crippen LogP contribution < -0.4 is 5.32 Å². The van der Waals surface area contributed by atoms with E-state index in [1.165, 1.54) is 6.92 Å². The van der Waals surface area contributed by atoms with E-state index >= 15 is 0 Å². The summed E-state index contributed by atoms with van der Waals surface area (Å²) in [5.74, 6) is -2.93. The zero-order chi connectivity index (χ0) is 16.6. The van der Waals surface area contributed by atoms with E-state index in [1.54, 1.807) is 24.3 Å². The Morgan fingerprint density at radius 2 is 1.96 bits per heavy atom. The Bertz CT molecular complexity index is 806. The van der Waals surface area contributed by atoms with Gasteiger partial charge in [0.2, 0.25) is 0 Å². The summed E-state index contributed by atoms with van der Waals surface area (Å²) in [7, 11) is 0. The van der Waals surface area contributed by atoms with Gasteiger partial charge in [0.15, 0.2) is 5.60 Å². The van der Waals surface area contributed by atoms with Crippen LogP contribution in [0.25, 0.3) is 0 Å². The lowest BCUT2D eigenvalue weighted by Gasteiger charge is -2.33. The zero-order valence-electron chi connectivity index (χ0n) is 12.2. The van der Waals surface area contributed by atoms with E-state index in [9.17, 15) is 18.4 Å². The van der Waals surface area contributed by atoms with Gasteiger partial charge in [0.1, 0.15) is 11.6 Å². The Morgan fingerprint density at radius 3 is 2.70 bits per heavy atom. The molecule has 0 bridgehead atoms. The number of ether oxygens (including phenoxy) is 1. The van der Waals surface area contributed by atoms with Gasteiger partial charge >= 0.3 is 5.97 Å². The van der Waals surface area contributed by atoms with E-state index in [-0.39, 0.29) is 12.1 Å². The first-order valence-electron chi connectivity index (χ1n) is 6.97. The Balaban J connectivity index is 1.86. The fourth-order valence-electron chi connectivity index (χ4n) is 2.50. The van der Waals surface area contributed by atoms with E-state index in [1.807, 2.05) is 0 Å². The molecule has 3 rings (SSSR count). The van der Waals surface area contributed by atoms with Crippen molar-refractivity contribution in [2.75, 3.05) is 5.32 Å². The van der Waals surface area contributed by atoms with Gasteiger partial charge in [0, 0.05) is 12.5 Å². The topological polar surface area (TPSA) is 55.4 Å². The second-order valence-electron chi connectivity index (χ2n) is 5.53. The quantitative estimate of drug-likeness (QED) is 0.866. The Labute approximate surface area is 131 Å². The zero-order valence-corrected chi connectivity index (χ0v) is 12.2. The molecule has 1 aliphatic rings. The van der Waals surface area contributed by atoms with Crippen LogP contribution in [0.3, 0.4) is 0 Å². The van der Waals surface area contributed by atoms with Crippen LogP contribution in [0.2, 0.25) is 0 Å². The highest BCUT2D eigenvalue weighted by molar-refractivity contribution is 6.02. The maximum atomic E-state index is 13.7. The molecule has 0 spiro atoms. The van der Waals surface area contributed by atoms with E-state index in [0.717, 1.165) is 12.1 Å². The number of cyclic esters (lactones) is 1. The highest BCUT2D eigenvalue weighted by Gasteiger charge is 2.42. The maximum Gasteiger partial charge on any atom is 0.339 e. The van der Waals surface area contributed by atoms with Crippen LogP contribution in [0.5, 0.6) is 0 Å². The monoisotopic (exact) mass is 317 g/mol. The van der Waals surface area contributed by atoms with Gasteiger partial charge in [-0.25, -0.2) is 13.6 Å². The summed E-state index contributed by atoms with van der Waals surface area (Å²) in [5.41, 5.74) is -0.550. The fraction of sp³-hybridized carbons (Fsp3) is 0.176. The van der Waals surface area contributed by atoms with Gasteiger partial charge < -0.3 is 10.1 Å². The minimum absolute atomic E-state index is 0.170. The van der Waals surface area contributed by atoms with Gasteiger partial charge in [0.25, 0.3) is 5.91 Å². The first-order chi connectivity index (χ1) is 10.9. The molecule has 23 heavy (non-hydrogen) atoms. The molecule has 1 N–H and O–H groups in total. The normalized spacial score (nSPS) is 19.7. The van der Waals surface area contributed by atoms with Crippen molar-refractivity contribution >= 4 is 17.6 Å². The molecular formula is C17H13F2NO3. The fourth-order valence-corrected chi connectivity index (χ4v) is 2.50. The smallest absolute Gasteiger partial charge is 0.339 e. The molecule has 0 saturated carbocycles. The number of carbonyl (C=O) groups is 2.